The van der Waals surface area contributed by atoms with E-state index >= 15 is 0 Å². The maximum absolute atomic E-state index is 11.3. The number of nitro groups is 1. The van der Waals surface area contributed by atoms with Gasteiger partial charge < -0.3 is 14.6 Å². The van der Waals surface area contributed by atoms with Gasteiger partial charge in [0.25, 0.3) is 5.69 Å². The monoisotopic (exact) mass is 309 g/mol. The third kappa shape index (κ3) is 2.57. The van der Waals surface area contributed by atoms with Crippen LogP contribution in [0.5, 0.6) is 0 Å². The second-order valence-electron chi connectivity index (χ2n) is 6.36. The van der Waals surface area contributed by atoms with Crippen molar-refractivity contribution >= 4 is 11.7 Å². The average molecular weight is 309 g/mol. The zero-order valence-corrected chi connectivity index (χ0v) is 13.2. The van der Waals surface area contributed by atoms with Gasteiger partial charge in [-0.25, -0.2) is 4.79 Å². The molecule has 7 heteroatoms. The number of benzene rings is 1. The summed E-state index contributed by atoms with van der Waals surface area (Å²) in [6, 6.07) is 2.68. The van der Waals surface area contributed by atoms with Crippen LogP contribution in [-0.4, -0.2) is 27.2 Å². The Kier molecular flexibility index (Phi) is 3.75. The van der Waals surface area contributed by atoms with Crippen LogP contribution in [0.15, 0.2) is 12.1 Å². The molecule has 0 aliphatic carbocycles. The molecule has 1 aliphatic heterocycles. The molecule has 1 aromatic rings. The molecule has 0 amide bonds. The molecule has 120 valence electrons. The van der Waals surface area contributed by atoms with E-state index in [0.717, 1.165) is 0 Å². The molecule has 1 heterocycles. The minimum absolute atomic E-state index is 0.109. The number of carboxylic acids is 1. The molecular weight excluding hydrogens is 290 g/mol. The lowest BCUT2D eigenvalue weighted by Crippen LogP contribution is -2.41. The first-order valence-electron chi connectivity index (χ1n) is 6.84. The Morgan fingerprint density at radius 3 is 2.14 bits per heavy atom. The van der Waals surface area contributed by atoms with Crippen molar-refractivity contribution < 1.29 is 24.3 Å². The fraction of sp³-hybridized carbons (Fsp3) is 0.533. The molecule has 2 rings (SSSR count). The molecule has 0 bridgehead atoms. The summed E-state index contributed by atoms with van der Waals surface area (Å²) in [7, 11) is 0. The summed E-state index contributed by atoms with van der Waals surface area (Å²) in [4.78, 5) is 21.9. The first-order chi connectivity index (χ1) is 9.96. The molecule has 0 aromatic heterocycles. The number of hydrogen-bond donors (Lipinski definition) is 1. The third-order valence-electron chi connectivity index (χ3n) is 4.36. The Balaban J connectivity index is 2.54. The van der Waals surface area contributed by atoms with E-state index in [1.165, 1.54) is 19.1 Å². The van der Waals surface area contributed by atoms with Crippen molar-refractivity contribution in [1.29, 1.82) is 0 Å². The first kappa shape index (κ1) is 16.4. The van der Waals surface area contributed by atoms with Crippen LogP contribution in [0.4, 0.5) is 5.69 Å². The molecule has 22 heavy (non-hydrogen) atoms. The Hall–Kier alpha value is -1.99. The summed E-state index contributed by atoms with van der Waals surface area (Å²) in [6.07, 6.45) is -0.845. The predicted molar refractivity (Wildman–Crippen MR) is 77.9 cm³/mol. The number of nitro benzene ring substituents is 1. The molecule has 1 aliphatic rings. The molecule has 0 saturated carbocycles. The average Bonchev–Trinajstić information content (AvgIpc) is 2.57. The highest BCUT2D eigenvalue weighted by molar-refractivity contribution is 5.91. The standard InChI is InChI=1S/C15H19NO6/c1-8-10(12(17)18)6-9(7-11(8)16(19)20)13-21-14(2,3)15(4,5)22-13/h6-7,13H,1-5H3,(H,17,18). The molecule has 0 atom stereocenters. The minimum atomic E-state index is -1.22. The van der Waals surface area contributed by atoms with Crippen LogP contribution in [0.1, 0.15) is 55.5 Å². The van der Waals surface area contributed by atoms with Crippen LogP contribution in [0, 0.1) is 17.0 Å². The van der Waals surface area contributed by atoms with Gasteiger partial charge in [-0.3, -0.25) is 10.1 Å². The fourth-order valence-electron chi connectivity index (χ4n) is 2.25. The number of rotatable bonds is 3. The summed E-state index contributed by atoms with van der Waals surface area (Å²) in [5.41, 5.74) is -1.17. The fourth-order valence-corrected chi connectivity index (χ4v) is 2.25. The van der Waals surface area contributed by atoms with E-state index in [1.807, 2.05) is 27.7 Å². The van der Waals surface area contributed by atoms with Gasteiger partial charge in [0.15, 0.2) is 6.29 Å². The van der Waals surface area contributed by atoms with E-state index in [9.17, 15) is 20.0 Å². The number of ether oxygens (including phenoxy) is 2. The van der Waals surface area contributed by atoms with Gasteiger partial charge in [0, 0.05) is 17.2 Å². The van der Waals surface area contributed by atoms with Crippen LogP contribution >= 0.6 is 0 Å². The van der Waals surface area contributed by atoms with Gasteiger partial charge in [0.2, 0.25) is 0 Å². The Morgan fingerprint density at radius 2 is 1.73 bits per heavy atom. The van der Waals surface area contributed by atoms with Crippen LogP contribution in [-0.2, 0) is 9.47 Å². The highest BCUT2D eigenvalue weighted by Crippen LogP contribution is 2.45. The van der Waals surface area contributed by atoms with Crippen molar-refractivity contribution in [3.8, 4) is 0 Å². The van der Waals surface area contributed by atoms with Gasteiger partial charge in [-0.05, 0) is 40.7 Å². The van der Waals surface area contributed by atoms with Crippen LogP contribution in [0.25, 0.3) is 0 Å². The zero-order valence-electron chi connectivity index (χ0n) is 13.2. The van der Waals surface area contributed by atoms with Gasteiger partial charge >= 0.3 is 5.97 Å². The number of hydrogen-bond acceptors (Lipinski definition) is 5. The molecular formula is C15H19NO6. The van der Waals surface area contributed by atoms with Crippen molar-refractivity contribution in [2.45, 2.75) is 52.1 Å². The zero-order chi connectivity index (χ0) is 16.9. The molecule has 7 nitrogen and oxygen atoms in total. The summed E-state index contributed by atoms with van der Waals surface area (Å²) in [5, 5.41) is 20.4. The molecule has 1 saturated heterocycles. The van der Waals surface area contributed by atoms with Crippen molar-refractivity contribution in [1.82, 2.24) is 0 Å². The Labute approximate surface area is 128 Å². The summed E-state index contributed by atoms with van der Waals surface area (Å²) in [6.45, 7) is 8.83. The first-order valence-corrected chi connectivity index (χ1v) is 6.84. The second-order valence-corrected chi connectivity index (χ2v) is 6.36. The lowest BCUT2D eigenvalue weighted by Gasteiger charge is -2.30. The number of carboxylic acid groups (broad SMARTS) is 1. The summed E-state index contributed by atoms with van der Waals surface area (Å²) >= 11 is 0. The molecule has 1 fully saturated rings. The van der Waals surface area contributed by atoms with Crippen molar-refractivity contribution in [3.05, 3.63) is 38.9 Å². The van der Waals surface area contributed by atoms with E-state index < -0.39 is 28.4 Å². The largest absolute Gasteiger partial charge is 0.478 e. The lowest BCUT2D eigenvalue weighted by atomic mass is 9.90. The molecule has 1 aromatic carbocycles. The van der Waals surface area contributed by atoms with Gasteiger partial charge in [-0.2, -0.15) is 0 Å². The quantitative estimate of drug-likeness (QED) is 0.680. The molecule has 0 spiro atoms. The van der Waals surface area contributed by atoms with Gasteiger partial charge in [0.1, 0.15) is 0 Å². The molecule has 0 unspecified atom stereocenters. The van der Waals surface area contributed by atoms with Crippen molar-refractivity contribution in [2.75, 3.05) is 0 Å². The highest BCUT2D eigenvalue weighted by atomic mass is 16.7. The van der Waals surface area contributed by atoms with E-state index in [-0.39, 0.29) is 16.8 Å². The van der Waals surface area contributed by atoms with E-state index in [2.05, 4.69) is 0 Å². The Bertz CT molecular complexity index is 598. The normalized spacial score (nSPS) is 20.0. The number of aromatic carboxylic acids is 1. The Morgan fingerprint density at radius 1 is 1.23 bits per heavy atom. The maximum atomic E-state index is 11.3. The van der Waals surface area contributed by atoms with Gasteiger partial charge in [-0.15, -0.1) is 0 Å². The SMILES string of the molecule is Cc1c(C(=O)O)cc(C2OC(C)(C)C(C)(C)O2)cc1[N+](=O)[O-]. The highest BCUT2D eigenvalue weighted by Gasteiger charge is 2.49. The lowest BCUT2D eigenvalue weighted by molar-refractivity contribution is -0.385. The van der Waals surface area contributed by atoms with Crippen LogP contribution in [0.2, 0.25) is 0 Å². The van der Waals surface area contributed by atoms with Crippen LogP contribution in [0.3, 0.4) is 0 Å². The number of carbonyl (C=O) groups is 1. The second kappa shape index (κ2) is 5.03. The van der Waals surface area contributed by atoms with Gasteiger partial charge in [-0.1, -0.05) is 0 Å². The minimum Gasteiger partial charge on any atom is -0.478 e. The smallest absolute Gasteiger partial charge is 0.336 e. The topological polar surface area (TPSA) is 98.9 Å². The van der Waals surface area contributed by atoms with Crippen molar-refractivity contribution in [2.24, 2.45) is 0 Å². The van der Waals surface area contributed by atoms with Crippen molar-refractivity contribution in [3.63, 3.8) is 0 Å². The molecule has 1 N–H and O–H groups in total. The maximum Gasteiger partial charge on any atom is 0.336 e. The van der Waals surface area contributed by atoms with E-state index in [1.54, 1.807) is 0 Å². The van der Waals surface area contributed by atoms with E-state index in [0.29, 0.717) is 5.56 Å². The molecule has 0 radical (unpaired) electrons. The number of nitrogens with zero attached hydrogens (tertiary/aromatic N) is 1. The predicted octanol–water partition coefficient (Wildman–Crippen LogP) is 3.20. The summed E-state index contributed by atoms with van der Waals surface area (Å²) in [5.74, 6) is -1.22. The summed E-state index contributed by atoms with van der Waals surface area (Å²) < 4.78 is 11.6. The third-order valence-corrected chi connectivity index (χ3v) is 4.36. The van der Waals surface area contributed by atoms with E-state index in [4.69, 9.17) is 9.47 Å². The van der Waals surface area contributed by atoms with Gasteiger partial charge in [0.05, 0.1) is 21.7 Å². The van der Waals surface area contributed by atoms with Crippen LogP contribution < -0.4 is 0 Å².